The first-order valence-corrected chi connectivity index (χ1v) is 11.7. The monoisotopic (exact) mass is 399 g/mol. The topological polar surface area (TPSA) is 64.6 Å². The first-order valence-electron chi connectivity index (χ1n) is 11.7. The standard InChI is InChI=1S/C23H45NO4/c1-4-6-7-8-9-10-11-12-13-14-15-16-17-19-27-22(25)20-21(3)24-23(26)28-18-5-2/h21H,4-20H2,1-3H3,(H,24,26). The maximum Gasteiger partial charge on any atom is 0.407 e. The summed E-state index contributed by atoms with van der Waals surface area (Å²) in [5.41, 5.74) is 0. The van der Waals surface area contributed by atoms with Crippen LogP contribution in [0, 0.1) is 0 Å². The van der Waals surface area contributed by atoms with E-state index < -0.39 is 6.09 Å². The maximum absolute atomic E-state index is 11.8. The van der Waals surface area contributed by atoms with E-state index in [2.05, 4.69) is 12.2 Å². The molecule has 0 heterocycles. The van der Waals surface area contributed by atoms with Crippen LogP contribution in [-0.2, 0) is 14.3 Å². The van der Waals surface area contributed by atoms with E-state index in [1.54, 1.807) is 6.92 Å². The lowest BCUT2D eigenvalue weighted by Gasteiger charge is -2.13. The summed E-state index contributed by atoms with van der Waals surface area (Å²) in [5, 5.41) is 2.64. The second-order valence-corrected chi connectivity index (χ2v) is 7.85. The van der Waals surface area contributed by atoms with Crippen molar-refractivity contribution >= 4 is 12.1 Å². The van der Waals surface area contributed by atoms with Gasteiger partial charge in [0.25, 0.3) is 0 Å². The summed E-state index contributed by atoms with van der Waals surface area (Å²) >= 11 is 0. The average Bonchev–Trinajstić information content (AvgIpc) is 2.66. The van der Waals surface area contributed by atoms with Gasteiger partial charge in [0.1, 0.15) is 0 Å². The Labute approximate surface area is 173 Å². The van der Waals surface area contributed by atoms with Gasteiger partial charge in [-0.3, -0.25) is 4.79 Å². The minimum absolute atomic E-state index is 0.180. The van der Waals surface area contributed by atoms with E-state index in [1.165, 1.54) is 70.6 Å². The van der Waals surface area contributed by atoms with Gasteiger partial charge in [-0.1, -0.05) is 90.9 Å². The van der Waals surface area contributed by atoms with Gasteiger partial charge in [0.2, 0.25) is 0 Å². The number of rotatable bonds is 19. The summed E-state index contributed by atoms with van der Waals surface area (Å²) in [4.78, 5) is 23.2. The Morgan fingerprint density at radius 3 is 1.68 bits per heavy atom. The fraction of sp³-hybridized carbons (Fsp3) is 0.913. The first kappa shape index (κ1) is 26.7. The minimum Gasteiger partial charge on any atom is -0.466 e. The Bertz CT molecular complexity index is 374. The molecule has 5 heteroatoms. The highest BCUT2D eigenvalue weighted by Crippen LogP contribution is 2.12. The molecule has 1 N–H and O–H groups in total. The third-order valence-electron chi connectivity index (χ3n) is 4.79. The molecule has 1 unspecified atom stereocenters. The van der Waals surface area contributed by atoms with Crippen molar-refractivity contribution in [1.82, 2.24) is 5.32 Å². The summed E-state index contributed by atoms with van der Waals surface area (Å²) < 4.78 is 10.2. The minimum atomic E-state index is -0.473. The molecule has 0 aromatic heterocycles. The van der Waals surface area contributed by atoms with Crippen molar-refractivity contribution in [3.8, 4) is 0 Å². The number of esters is 1. The highest BCUT2D eigenvalue weighted by atomic mass is 16.5. The Balaban J connectivity index is 3.35. The molecular formula is C23H45NO4. The lowest BCUT2D eigenvalue weighted by atomic mass is 10.0. The SMILES string of the molecule is CCCCCCCCCCCCCCCOC(=O)CC(C)NC(=O)OCCC. The number of carbonyl (C=O) groups excluding carboxylic acids is 2. The van der Waals surface area contributed by atoms with Crippen LogP contribution in [0.3, 0.4) is 0 Å². The lowest BCUT2D eigenvalue weighted by molar-refractivity contribution is -0.144. The van der Waals surface area contributed by atoms with Crippen LogP contribution in [0.4, 0.5) is 4.79 Å². The van der Waals surface area contributed by atoms with Crippen LogP contribution in [0.5, 0.6) is 0 Å². The summed E-state index contributed by atoms with van der Waals surface area (Å²) in [7, 11) is 0. The summed E-state index contributed by atoms with van der Waals surface area (Å²) in [5.74, 6) is -0.262. The second-order valence-electron chi connectivity index (χ2n) is 7.85. The largest absolute Gasteiger partial charge is 0.466 e. The lowest BCUT2D eigenvalue weighted by Crippen LogP contribution is -2.35. The fourth-order valence-electron chi connectivity index (χ4n) is 3.10. The van der Waals surface area contributed by atoms with E-state index >= 15 is 0 Å². The third-order valence-corrected chi connectivity index (χ3v) is 4.79. The van der Waals surface area contributed by atoms with E-state index in [4.69, 9.17) is 9.47 Å². The number of nitrogens with one attached hydrogen (secondary N) is 1. The number of ether oxygens (including phenoxy) is 2. The molecule has 0 aromatic carbocycles. The molecule has 0 saturated heterocycles. The van der Waals surface area contributed by atoms with E-state index in [0.29, 0.717) is 13.2 Å². The van der Waals surface area contributed by atoms with Crippen LogP contribution in [0.1, 0.15) is 117 Å². The molecule has 1 atom stereocenters. The normalized spacial score (nSPS) is 11.8. The van der Waals surface area contributed by atoms with Crippen molar-refractivity contribution in [3.63, 3.8) is 0 Å². The van der Waals surface area contributed by atoms with E-state index in [9.17, 15) is 9.59 Å². The maximum atomic E-state index is 11.8. The molecule has 1 amide bonds. The molecule has 0 aliphatic rings. The van der Waals surface area contributed by atoms with Gasteiger partial charge in [0.05, 0.1) is 19.6 Å². The Hall–Kier alpha value is -1.26. The van der Waals surface area contributed by atoms with Crippen LogP contribution in [-0.4, -0.2) is 31.3 Å². The van der Waals surface area contributed by atoms with Crippen molar-refractivity contribution in [1.29, 1.82) is 0 Å². The molecule has 0 aliphatic carbocycles. The number of hydrogen-bond acceptors (Lipinski definition) is 4. The van der Waals surface area contributed by atoms with E-state index in [-0.39, 0.29) is 18.4 Å². The Morgan fingerprint density at radius 1 is 0.679 bits per heavy atom. The molecule has 0 bridgehead atoms. The molecule has 166 valence electrons. The van der Waals surface area contributed by atoms with Crippen molar-refractivity contribution in [2.75, 3.05) is 13.2 Å². The predicted molar refractivity (Wildman–Crippen MR) is 116 cm³/mol. The third kappa shape index (κ3) is 19.5. The Morgan fingerprint density at radius 2 is 1.18 bits per heavy atom. The highest BCUT2D eigenvalue weighted by Gasteiger charge is 2.13. The van der Waals surface area contributed by atoms with Gasteiger partial charge in [0, 0.05) is 6.04 Å². The van der Waals surface area contributed by atoms with Crippen LogP contribution in [0.15, 0.2) is 0 Å². The zero-order chi connectivity index (χ0) is 20.9. The number of alkyl carbamates (subject to hydrolysis) is 1. The second kappa shape index (κ2) is 20.5. The highest BCUT2D eigenvalue weighted by molar-refractivity contribution is 5.72. The van der Waals surface area contributed by atoms with Crippen molar-refractivity contribution in [2.45, 2.75) is 123 Å². The molecule has 0 aliphatic heterocycles. The van der Waals surface area contributed by atoms with Crippen LogP contribution >= 0.6 is 0 Å². The molecule has 0 rings (SSSR count). The molecule has 0 spiro atoms. The van der Waals surface area contributed by atoms with Gasteiger partial charge in [-0.05, 0) is 19.8 Å². The van der Waals surface area contributed by atoms with Crippen molar-refractivity contribution in [3.05, 3.63) is 0 Å². The van der Waals surface area contributed by atoms with E-state index in [0.717, 1.165) is 19.3 Å². The quantitative estimate of drug-likeness (QED) is 0.198. The zero-order valence-electron chi connectivity index (χ0n) is 18.7. The van der Waals surface area contributed by atoms with Crippen LogP contribution in [0.25, 0.3) is 0 Å². The summed E-state index contributed by atoms with van der Waals surface area (Å²) in [6, 6.07) is -0.275. The van der Waals surface area contributed by atoms with Crippen LogP contribution < -0.4 is 5.32 Å². The van der Waals surface area contributed by atoms with Gasteiger partial charge in [0.15, 0.2) is 0 Å². The van der Waals surface area contributed by atoms with Gasteiger partial charge < -0.3 is 14.8 Å². The summed E-state index contributed by atoms with van der Waals surface area (Å²) in [6.07, 6.45) is 17.4. The van der Waals surface area contributed by atoms with Crippen molar-refractivity contribution in [2.24, 2.45) is 0 Å². The first-order chi connectivity index (χ1) is 13.6. The van der Waals surface area contributed by atoms with Gasteiger partial charge in [-0.25, -0.2) is 4.79 Å². The van der Waals surface area contributed by atoms with Gasteiger partial charge >= 0.3 is 12.1 Å². The van der Waals surface area contributed by atoms with E-state index in [1.807, 2.05) is 6.92 Å². The summed E-state index contributed by atoms with van der Waals surface area (Å²) in [6.45, 7) is 6.84. The van der Waals surface area contributed by atoms with Gasteiger partial charge in [-0.15, -0.1) is 0 Å². The van der Waals surface area contributed by atoms with Crippen LogP contribution in [0.2, 0.25) is 0 Å². The molecule has 0 fully saturated rings. The molecule has 28 heavy (non-hydrogen) atoms. The molecule has 0 saturated carbocycles. The zero-order valence-corrected chi connectivity index (χ0v) is 18.7. The Kier molecular flexibility index (Phi) is 19.6. The van der Waals surface area contributed by atoms with Gasteiger partial charge in [-0.2, -0.15) is 0 Å². The number of unbranched alkanes of at least 4 members (excludes halogenated alkanes) is 12. The molecule has 0 radical (unpaired) electrons. The fourth-order valence-corrected chi connectivity index (χ4v) is 3.10. The molecule has 0 aromatic rings. The van der Waals surface area contributed by atoms with Crippen molar-refractivity contribution < 1.29 is 19.1 Å². The number of hydrogen-bond donors (Lipinski definition) is 1. The average molecular weight is 400 g/mol. The number of carbonyl (C=O) groups is 2. The predicted octanol–water partition coefficient (Wildman–Crippen LogP) is 6.54. The number of amides is 1. The molecular weight excluding hydrogens is 354 g/mol. The smallest absolute Gasteiger partial charge is 0.407 e. The molecule has 5 nitrogen and oxygen atoms in total.